The second kappa shape index (κ2) is 6.10. The molecule has 0 bridgehead atoms. The van der Waals surface area contributed by atoms with Crippen LogP contribution >= 0.6 is 0 Å². The molecule has 0 aromatic heterocycles. The maximum atomic E-state index is 6.16. The van der Waals surface area contributed by atoms with Crippen molar-refractivity contribution in [2.75, 3.05) is 0 Å². The Hall–Kier alpha value is -1.80. The number of rotatable bonds is 4. The first-order valence-electron chi connectivity index (χ1n) is 7.12. The number of para-hydroxylation sites is 1. The molecule has 0 aliphatic heterocycles. The van der Waals surface area contributed by atoms with Crippen molar-refractivity contribution in [2.45, 2.75) is 39.7 Å². The molecular weight excluding hydrogens is 246 g/mol. The molecule has 2 heteroatoms. The summed E-state index contributed by atoms with van der Waals surface area (Å²) in [6, 6.07) is 14.3. The van der Waals surface area contributed by atoms with Gasteiger partial charge in [0.2, 0.25) is 0 Å². The third-order valence-electron chi connectivity index (χ3n) is 3.42. The maximum Gasteiger partial charge on any atom is 0.132 e. The quantitative estimate of drug-likeness (QED) is 0.854. The molecule has 2 N–H and O–H groups in total. The third-order valence-corrected chi connectivity index (χ3v) is 3.42. The van der Waals surface area contributed by atoms with E-state index in [0.717, 1.165) is 17.1 Å². The second-order valence-electron chi connectivity index (χ2n) is 5.62. The molecule has 2 aromatic carbocycles. The van der Waals surface area contributed by atoms with Crippen LogP contribution in [-0.2, 0) is 0 Å². The van der Waals surface area contributed by atoms with Gasteiger partial charge >= 0.3 is 0 Å². The van der Waals surface area contributed by atoms with E-state index in [2.05, 4.69) is 39.0 Å². The van der Waals surface area contributed by atoms with Crippen molar-refractivity contribution in [3.63, 3.8) is 0 Å². The minimum absolute atomic E-state index is 0.0430. The Morgan fingerprint density at radius 1 is 0.900 bits per heavy atom. The fourth-order valence-corrected chi connectivity index (χ4v) is 2.28. The van der Waals surface area contributed by atoms with Crippen LogP contribution in [0.25, 0.3) is 0 Å². The molecule has 0 radical (unpaired) electrons. The molecule has 20 heavy (non-hydrogen) atoms. The summed E-state index contributed by atoms with van der Waals surface area (Å²) in [5.74, 6) is 2.19. The monoisotopic (exact) mass is 269 g/mol. The Bertz CT molecular complexity index is 588. The molecule has 2 rings (SSSR count). The first kappa shape index (κ1) is 14.6. The van der Waals surface area contributed by atoms with Gasteiger partial charge in [0, 0.05) is 11.6 Å². The Kier molecular flexibility index (Phi) is 4.46. The van der Waals surface area contributed by atoms with Crippen molar-refractivity contribution in [1.82, 2.24) is 0 Å². The van der Waals surface area contributed by atoms with E-state index in [1.54, 1.807) is 0 Å². The number of ether oxygens (including phenoxy) is 1. The van der Waals surface area contributed by atoms with Gasteiger partial charge in [-0.05, 0) is 43.0 Å². The fraction of sp³-hybridized carbons (Fsp3) is 0.333. The first-order chi connectivity index (χ1) is 9.49. The van der Waals surface area contributed by atoms with Gasteiger partial charge < -0.3 is 10.5 Å². The highest BCUT2D eigenvalue weighted by Crippen LogP contribution is 2.34. The van der Waals surface area contributed by atoms with Crippen molar-refractivity contribution >= 4 is 0 Å². The molecule has 1 atom stereocenters. The van der Waals surface area contributed by atoms with E-state index < -0.39 is 0 Å². The van der Waals surface area contributed by atoms with Gasteiger partial charge in [0.15, 0.2) is 0 Å². The van der Waals surface area contributed by atoms with Gasteiger partial charge in [0.1, 0.15) is 11.5 Å². The van der Waals surface area contributed by atoms with Gasteiger partial charge in [-0.1, -0.05) is 44.2 Å². The van der Waals surface area contributed by atoms with Crippen LogP contribution in [0, 0.1) is 6.92 Å². The molecule has 0 aliphatic carbocycles. The van der Waals surface area contributed by atoms with Crippen LogP contribution < -0.4 is 10.5 Å². The number of aryl methyl sites for hydroxylation is 1. The average molecular weight is 269 g/mol. The van der Waals surface area contributed by atoms with Gasteiger partial charge in [-0.25, -0.2) is 0 Å². The molecule has 2 aromatic rings. The minimum Gasteiger partial charge on any atom is -0.457 e. The number of hydrogen-bond acceptors (Lipinski definition) is 2. The van der Waals surface area contributed by atoms with E-state index in [4.69, 9.17) is 10.5 Å². The maximum absolute atomic E-state index is 6.16. The van der Waals surface area contributed by atoms with Crippen molar-refractivity contribution < 1.29 is 4.74 Å². The van der Waals surface area contributed by atoms with Crippen LogP contribution in [0.2, 0.25) is 0 Å². The van der Waals surface area contributed by atoms with Crippen LogP contribution in [0.1, 0.15) is 49.4 Å². The minimum atomic E-state index is -0.0430. The molecule has 0 heterocycles. The summed E-state index contributed by atoms with van der Waals surface area (Å²) >= 11 is 0. The molecule has 0 saturated carbocycles. The van der Waals surface area contributed by atoms with E-state index in [0.29, 0.717) is 5.92 Å². The van der Waals surface area contributed by atoms with Crippen LogP contribution in [0.4, 0.5) is 0 Å². The highest BCUT2D eigenvalue weighted by Gasteiger charge is 2.12. The summed E-state index contributed by atoms with van der Waals surface area (Å²) in [6.07, 6.45) is 0. The van der Waals surface area contributed by atoms with E-state index in [1.807, 2.05) is 31.2 Å². The predicted molar refractivity (Wildman–Crippen MR) is 84.4 cm³/mol. The summed E-state index contributed by atoms with van der Waals surface area (Å²) in [4.78, 5) is 0. The zero-order valence-electron chi connectivity index (χ0n) is 12.7. The van der Waals surface area contributed by atoms with E-state index in [-0.39, 0.29) is 6.04 Å². The van der Waals surface area contributed by atoms with Crippen LogP contribution in [-0.4, -0.2) is 0 Å². The normalized spacial score (nSPS) is 12.5. The SMILES string of the molecule is Cc1ccc(C(C)C)c(Oc2ccccc2[C@H](C)N)c1. The first-order valence-corrected chi connectivity index (χ1v) is 7.12. The molecule has 0 saturated heterocycles. The van der Waals surface area contributed by atoms with Gasteiger partial charge in [-0.2, -0.15) is 0 Å². The lowest BCUT2D eigenvalue weighted by Crippen LogP contribution is -2.07. The van der Waals surface area contributed by atoms with Crippen molar-refractivity contribution in [2.24, 2.45) is 5.73 Å². The van der Waals surface area contributed by atoms with E-state index in [1.165, 1.54) is 11.1 Å². The highest BCUT2D eigenvalue weighted by atomic mass is 16.5. The lowest BCUT2D eigenvalue weighted by atomic mass is 10.0. The summed E-state index contributed by atoms with van der Waals surface area (Å²) < 4.78 is 6.16. The molecule has 106 valence electrons. The lowest BCUT2D eigenvalue weighted by molar-refractivity contribution is 0.463. The Morgan fingerprint density at radius 2 is 1.60 bits per heavy atom. The lowest BCUT2D eigenvalue weighted by Gasteiger charge is -2.18. The summed E-state index contributed by atoms with van der Waals surface area (Å²) in [5, 5.41) is 0. The topological polar surface area (TPSA) is 35.2 Å². The molecule has 0 amide bonds. The van der Waals surface area contributed by atoms with Crippen molar-refractivity contribution in [1.29, 1.82) is 0 Å². The van der Waals surface area contributed by atoms with Crippen LogP contribution in [0.5, 0.6) is 11.5 Å². The third kappa shape index (κ3) is 3.20. The molecule has 0 fully saturated rings. The molecule has 0 unspecified atom stereocenters. The number of benzene rings is 2. The molecule has 0 spiro atoms. The standard InChI is InChI=1S/C18H23NO/c1-12(2)15-10-9-13(3)11-18(15)20-17-8-6-5-7-16(17)14(4)19/h5-12,14H,19H2,1-4H3/t14-/m0/s1. The van der Waals surface area contributed by atoms with E-state index >= 15 is 0 Å². The van der Waals surface area contributed by atoms with Gasteiger partial charge in [0.05, 0.1) is 0 Å². The van der Waals surface area contributed by atoms with Crippen LogP contribution in [0.3, 0.4) is 0 Å². The summed E-state index contributed by atoms with van der Waals surface area (Å²) in [5.41, 5.74) is 9.46. The number of hydrogen-bond donors (Lipinski definition) is 1. The second-order valence-corrected chi connectivity index (χ2v) is 5.62. The van der Waals surface area contributed by atoms with Crippen LogP contribution in [0.15, 0.2) is 42.5 Å². The number of nitrogens with two attached hydrogens (primary N) is 1. The molecular formula is C18H23NO. The molecule has 0 aliphatic rings. The summed E-state index contributed by atoms with van der Waals surface area (Å²) in [7, 11) is 0. The fourth-order valence-electron chi connectivity index (χ4n) is 2.28. The van der Waals surface area contributed by atoms with Gasteiger partial charge in [-0.3, -0.25) is 0 Å². The summed E-state index contributed by atoms with van der Waals surface area (Å²) in [6.45, 7) is 8.40. The van der Waals surface area contributed by atoms with Gasteiger partial charge in [0.25, 0.3) is 0 Å². The molecule has 2 nitrogen and oxygen atoms in total. The van der Waals surface area contributed by atoms with Crippen molar-refractivity contribution in [3.8, 4) is 11.5 Å². The average Bonchev–Trinajstić information content (AvgIpc) is 2.38. The Balaban J connectivity index is 2.42. The Labute approximate surface area is 121 Å². The predicted octanol–water partition coefficient (Wildman–Crippen LogP) is 4.93. The largest absolute Gasteiger partial charge is 0.457 e. The Morgan fingerprint density at radius 3 is 2.25 bits per heavy atom. The van der Waals surface area contributed by atoms with Crippen molar-refractivity contribution in [3.05, 3.63) is 59.2 Å². The van der Waals surface area contributed by atoms with E-state index in [9.17, 15) is 0 Å². The zero-order valence-corrected chi connectivity index (χ0v) is 12.7. The van der Waals surface area contributed by atoms with Gasteiger partial charge in [-0.15, -0.1) is 0 Å². The highest BCUT2D eigenvalue weighted by molar-refractivity contribution is 5.45. The smallest absolute Gasteiger partial charge is 0.132 e. The zero-order chi connectivity index (χ0) is 14.7.